The molecule has 2 aromatic rings. The third kappa shape index (κ3) is 2.54. The lowest BCUT2D eigenvalue weighted by molar-refractivity contribution is 0.483. The van der Waals surface area contributed by atoms with Gasteiger partial charge in [-0.15, -0.1) is 0 Å². The summed E-state index contributed by atoms with van der Waals surface area (Å²) in [6.07, 6.45) is 0. The maximum Gasteiger partial charge on any atom is 0.295 e. The van der Waals surface area contributed by atoms with E-state index in [9.17, 15) is 16.8 Å². The summed E-state index contributed by atoms with van der Waals surface area (Å²) < 4.78 is 63.4. The van der Waals surface area contributed by atoms with Crippen molar-refractivity contribution in [2.45, 2.75) is 9.79 Å². The van der Waals surface area contributed by atoms with Crippen LogP contribution in [0.2, 0.25) is 0 Å². The first kappa shape index (κ1) is 13.7. The van der Waals surface area contributed by atoms with Crippen molar-refractivity contribution in [3.05, 3.63) is 30.3 Å². The first-order valence-corrected chi connectivity index (χ1v) is 7.76. The largest absolute Gasteiger partial charge is 0.399 e. The SMILES string of the molecule is Nc1cc(S(=O)(=O)O)c2c(S(=O)(=O)O)cccc2c1. The van der Waals surface area contributed by atoms with Gasteiger partial charge in [-0.1, -0.05) is 12.1 Å². The Morgan fingerprint density at radius 3 is 2.00 bits per heavy atom. The molecule has 0 radical (unpaired) electrons. The summed E-state index contributed by atoms with van der Waals surface area (Å²) in [6, 6.07) is 6.02. The molecular weight excluding hydrogens is 294 g/mol. The highest BCUT2D eigenvalue weighted by Gasteiger charge is 2.22. The molecule has 0 saturated carbocycles. The van der Waals surface area contributed by atoms with Crippen molar-refractivity contribution in [2.75, 3.05) is 5.73 Å². The van der Waals surface area contributed by atoms with E-state index in [1.54, 1.807) is 0 Å². The molecular formula is C10H9NO6S2. The number of nitrogens with two attached hydrogens (primary N) is 1. The zero-order valence-corrected chi connectivity index (χ0v) is 10.9. The normalized spacial score (nSPS) is 12.7. The van der Waals surface area contributed by atoms with Gasteiger partial charge in [0.2, 0.25) is 0 Å². The highest BCUT2D eigenvalue weighted by Crippen LogP contribution is 2.31. The minimum atomic E-state index is -4.69. The van der Waals surface area contributed by atoms with Crippen LogP contribution in [-0.2, 0) is 20.2 Å². The highest BCUT2D eigenvalue weighted by atomic mass is 32.2. The zero-order valence-electron chi connectivity index (χ0n) is 9.31. The number of nitrogen functional groups attached to an aromatic ring is 1. The van der Waals surface area contributed by atoms with Gasteiger partial charge in [0.05, 0.1) is 0 Å². The molecule has 0 spiro atoms. The van der Waals surface area contributed by atoms with Gasteiger partial charge in [-0.05, 0) is 23.6 Å². The highest BCUT2D eigenvalue weighted by molar-refractivity contribution is 7.87. The third-order valence-electron chi connectivity index (χ3n) is 2.48. The Balaban J connectivity index is 3.13. The summed E-state index contributed by atoms with van der Waals surface area (Å²) in [5.74, 6) is 0. The minimum Gasteiger partial charge on any atom is -0.399 e. The average Bonchev–Trinajstić information content (AvgIpc) is 2.24. The number of anilines is 1. The van der Waals surface area contributed by atoms with Gasteiger partial charge in [0, 0.05) is 11.1 Å². The Labute approximate surface area is 109 Å². The van der Waals surface area contributed by atoms with Crippen LogP contribution in [-0.4, -0.2) is 25.9 Å². The van der Waals surface area contributed by atoms with E-state index in [1.165, 1.54) is 18.2 Å². The Morgan fingerprint density at radius 1 is 0.895 bits per heavy atom. The van der Waals surface area contributed by atoms with Crippen LogP contribution in [0.5, 0.6) is 0 Å². The number of hydrogen-bond acceptors (Lipinski definition) is 5. The minimum absolute atomic E-state index is 0.0348. The molecule has 0 aromatic heterocycles. The van der Waals surface area contributed by atoms with Crippen molar-refractivity contribution in [3.63, 3.8) is 0 Å². The molecule has 0 unspecified atom stereocenters. The fourth-order valence-corrected chi connectivity index (χ4v) is 3.37. The van der Waals surface area contributed by atoms with Crippen molar-refractivity contribution in [1.82, 2.24) is 0 Å². The fraction of sp³-hybridized carbons (Fsp3) is 0. The molecule has 0 aliphatic heterocycles. The number of fused-ring (bicyclic) bond motifs is 1. The Bertz CT molecular complexity index is 870. The van der Waals surface area contributed by atoms with E-state index < -0.39 is 30.0 Å². The van der Waals surface area contributed by atoms with Crippen LogP contribution in [0.1, 0.15) is 0 Å². The maximum absolute atomic E-state index is 11.3. The summed E-state index contributed by atoms with van der Waals surface area (Å²) in [5, 5.41) is -0.135. The summed E-state index contributed by atoms with van der Waals surface area (Å²) in [7, 11) is -9.33. The first-order valence-electron chi connectivity index (χ1n) is 4.88. The summed E-state index contributed by atoms with van der Waals surface area (Å²) in [4.78, 5) is -1.28. The van der Waals surface area contributed by atoms with Gasteiger partial charge < -0.3 is 5.73 Å². The molecule has 4 N–H and O–H groups in total. The fourth-order valence-electron chi connectivity index (χ4n) is 1.80. The first-order chi connectivity index (χ1) is 8.60. The summed E-state index contributed by atoms with van der Waals surface area (Å²) in [5.41, 5.74) is 5.53. The monoisotopic (exact) mass is 303 g/mol. The van der Waals surface area contributed by atoms with Gasteiger partial charge in [-0.2, -0.15) is 16.8 Å². The third-order valence-corrected chi connectivity index (χ3v) is 4.25. The van der Waals surface area contributed by atoms with Crippen molar-refractivity contribution in [2.24, 2.45) is 0 Å². The molecule has 0 aliphatic rings. The number of benzene rings is 2. The van der Waals surface area contributed by atoms with Crippen LogP contribution in [0, 0.1) is 0 Å². The second kappa shape index (κ2) is 4.17. The Kier molecular flexibility index (Phi) is 3.01. The van der Waals surface area contributed by atoms with Crippen molar-refractivity contribution in [3.8, 4) is 0 Å². The summed E-state index contributed by atoms with van der Waals surface area (Å²) in [6.45, 7) is 0. The van der Waals surface area contributed by atoms with Gasteiger partial charge in [0.15, 0.2) is 0 Å². The lowest BCUT2D eigenvalue weighted by atomic mass is 10.1. The molecule has 0 fully saturated rings. The topological polar surface area (TPSA) is 135 Å². The Morgan fingerprint density at radius 2 is 1.47 bits per heavy atom. The molecule has 0 atom stereocenters. The lowest BCUT2D eigenvalue weighted by Crippen LogP contribution is -2.05. The van der Waals surface area contributed by atoms with Gasteiger partial charge in [0.1, 0.15) is 9.79 Å². The summed E-state index contributed by atoms with van der Waals surface area (Å²) >= 11 is 0. The van der Waals surface area contributed by atoms with E-state index in [-0.39, 0.29) is 16.5 Å². The predicted molar refractivity (Wildman–Crippen MR) is 68.0 cm³/mol. The maximum atomic E-state index is 11.3. The second-order valence-electron chi connectivity index (χ2n) is 3.82. The van der Waals surface area contributed by atoms with Crippen LogP contribution < -0.4 is 5.73 Å². The zero-order chi connectivity index (χ0) is 14.4. The van der Waals surface area contributed by atoms with Crippen LogP contribution in [0.25, 0.3) is 10.8 Å². The van der Waals surface area contributed by atoms with Crippen molar-refractivity contribution in [1.29, 1.82) is 0 Å². The lowest BCUT2D eigenvalue weighted by Gasteiger charge is -2.09. The number of hydrogen-bond donors (Lipinski definition) is 3. The van der Waals surface area contributed by atoms with Crippen LogP contribution in [0.4, 0.5) is 5.69 Å². The van der Waals surface area contributed by atoms with Gasteiger partial charge in [-0.3, -0.25) is 9.11 Å². The molecule has 2 rings (SSSR count). The van der Waals surface area contributed by atoms with E-state index in [0.717, 1.165) is 12.1 Å². The van der Waals surface area contributed by atoms with E-state index >= 15 is 0 Å². The molecule has 102 valence electrons. The van der Waals surface area contributed by atoms with Gasteiger partial charge in [-0.25, -0.2) is 0 Å². The molecule has 7 nitrogen and oxygen atoms in total. The predicted octanol–water partition coefficient (Wildman–Crippen LogP) is 0.915. The van der Waals surface area contributed by atoms with E-state index in [2.05, 4.69) is 0 Å². The standard InChI is InChI=1S/C10H9NO6S2/c11-7-4-6-2-1-3-8(18(12,13)14)10(6)9(5-7)19(15,16)17/h1-5H,11H2,(H,12,13,14)(H,15,16,17). The van der Waals surface area contributed by atoms with Crippen molar-refractivity contribution < 1.29 is 25.9 Å². The molecule has 0 amide bonds. The molecule has 9 heteroatoms. The van der Waals surface area contributed by atoms with E-state index in [0.29, 0.717) is 0 Å². The second-order valence-corrected chi connectivity index (χ2v) is 6.60. The smallest absolute Gasteiger partial charge is 0.295 e. The van der Waals surface area contributed by atoms with Gasteiger partial charge >= 0.3 is 0 Å². The molecule has 0 saturated heterocycles. The van der Waals surface area contributed by atoms with Crippen molar-refractivity contribution >= 4 is 36.7 Å². The van der Waals surface area contributed by atoms with E-state index in [1.807, 2.05) is 0 Å². The van der Waals surface area contributed by atoms with Crippen LogP contribution in [0.3, 0.4) is 0 Å². The number of rotatable bonds is 2. The van der Waals surface area contributed by atoms with Crippen LogP contribution >= 0.6 is 0 Å². The average molecular weight is 303 g/mol. The van der Waals surface area contributed by atoms with E-state index in [4.69, 9.17) is 14.8 Å². The Hall–Kier alpha value is -1.68. The molecule has 0 bridgehead atoms. The molecule has 19 heavy (non-hydrogen) atoms. The van der Waals surface area contributed by atoms with Crippen LogP contribution in [0.15, 0.2) is 40.1 Å². The van der Waals surface area contributed by atoms with Gasteiger partial charge in [0.25, 0.3) is 20.2 Å². The quantitative estimate of drug-likeness (QED) is 0.554. The molecule has 0 aliphatic carbocycles. The molecule has 2 aromatic carbocycles. The molecule has 0 heterocycles.